The average Bonchev–Trinajstić information content (AvgIpc) is 3.24. The number of ether oxygens (including phenoxy) is 7. The van der Waals surface area contributed by atoms with Crippen molar-refractivity contribution >= 4 is 17.7 Å². The number of carbonyl (C=O) groups is 3. The number of hydrogen-bond donors (Lipinski definition) is 10. The highest BCUT2D eigenvalue weighted by Crippen LogP contribution is 2.33. The fourth-order valence-electron chi connectivity index (χ4n) is 7.50. The Morgan fingerprint density at radius 2 is 1.20 bits per heavy atom. The molecular formula is C41H65N3O17. The monoisotopic (exact) mass is 871 g/mol. The second-order valence-electron chi connectivity index (χ2n) is 15.4. The van der Waals surface area contributed by atoms with Crippen LogP contribution < -0.4 is 20.7 Å². The standard InChI is InChI=1S/C41H65N3O17/c1-5-6-7-8-9-10-11-12-13-17-56-25-16-14-15-24(18-25)38(54)44-29-33(51)32(50)26(19-45)57-40(29)60-37-28(21-47)59-41(31(35(37)53)43-23(3)49)61-36-27(20-46)58-39(55-4)30(34(36)52)42-22(2)48/h10-11,14-16,18,26-37,39-41,45-47,50-53H,5-9,12-13,17,19-21H2,1-4H3,(H,42,48)(H,43,49)(H,44,54)/b11-10-/t26?,27?,28-,29?,30-,31?,32+,33+,34+,35?,36?,37+,39+,40-,41?/m0/s1. The molecule has 0 spiro atoms. The zero-order valence-electron chi connectivity index (χ0n) is 35.1. The van der Waals surface area contributed by atoms with Crippen molar-refractivity contribution in [1.29, 1.82) is 0 Å². The zero-order valence-corrected chi connectivity index (χ0v) is 35.1. The van der Waals surface area contributed by atoms with Crippen LogP contribution in [0.25, 0.3) is 0 Å². The number of amides is 3. The number of rotatable bonds is 22. The number of unbranched alkanes of at least 4 members (excludes halogenated alkanes) is 5. The summed E-state index contributed by atoms with van der Waals surface area (Å²) in [4.78, 5) is 38.1. The number of carbonyl (C=O) groups excluding carboxylic acids is 3. The Labute approximate surface area is 355 Å². The van der Waals surface area contributed by atoms with Gasteiger partial charge < -0.3 is 84.9 Å². The molecule has 61 heavy (non-hydrogen) atoms. The number of benzene rings is 1. The smallest absolute Gasteiger partial charge is 0.251 e. The van der Waals surface area contributed by atoms with Gasteiger partial charge in [-0.1, -0.05) is 44.4 Å². The second kappa shape index (κ2) is 25.1. The molecule has 3 heterocycles. The van der Waals surface area contributed by atoms with Gasteiger partial charge in [-0.2, -0.15) is 0 Å². The Kier molecular flexibility index (Phi) is 20.7. The minimum Gasteiger partial charge on any atom is -0.494 e. The minimum atomic E-state index is -1.81. The summed E-state index contributed by atoms with van der Waals surface area (Å²) in [6.45, 7) is 2.58. The Balaban J connectivity index is 1.49. The molecule has 3 fully saturated rings. The summed E-state index contributed by atoms with van der Waals surface area (Å²) in [5, 5.41) is 83.4. The van der Waals surface area contributed by atoms with E-state index < -0.39 is 129 Å². The van der Waals surface area contributed by atoms with E-state index in [2.05, 4.69) is 35.0 Å². The molecule has 10 N–H and O–H groups in total. The summed E-state index contributed by atoms with van der Waals surface area (Å²) < 4.78 is 40.8. The Morgan fingerprint density at radius 1 is 0.672 bits per heavy atom. The van der Waals surface area contributed by atoms with Crippen LogP contribution in [0.5, 0.6) is 5.75 Å². The third-order valence-corrected chi connectivity index (χ3v) is 10.7. The van der Waals surface area contributed by atoms with Gasteiger partial charge in [-0.25, -0.2) is 0 Å². The summed E-state index contributed by atoms with van der Waals surface area (Å²) in [5.74, 6) is -1.53. The molecule has 0 bridgehead atoms. The SMILES string of the molecule is CCCCCC/C=C\CCCOc1cccc(C(=O)NC2[C@H](O[C@H]3C(O)C(NC(C)=O)C(OC4C(CO)O[C@@H](OC)[C@@H](NC(C)=O)[C@H]4O)O[C@H]3CO)OC(CO)[C@@H](O)[C@@H]2O)c1. The van der Waals surface area contributed by atoms with Gasteiger partial charge in [-0.15, -0.1) is 0 Å². The molecule has 346 valence electrons. The maximum Gasteiger partial charge on any atom is 0.251 e. The molecule has 3 amide bonds. The molecule has 20 nitrogen and oxygen atoms in total. The van der Waals surface area contributed by atoms with Crippen molar-refractivity contribution in [3.63, 3.8) is 0 Å². The first kappa shape index (κ1) is 50.3. The van der Waals surface area contributed by atoms with Crippen molar-refractivity contribution in [1.82, 2.24) is 16.0 Å². The van der Waals surface area contributed by atoms with Crippen LogP contribution in [0, 0.1) is 0 Å². The number of allylic oxidation sites excluding steroid dienone is 2. The van der Waals surface area contributed by atoms with Gasteiger partial charge >= 0.3 is 0 Å². The Morgan fingerprint density at radius 3 is 1.74 bits per heavy atom. The highest BCUT2D eigenvalue weighted by molar-refractivity contribution is 5.94. The molecule has 4 rings (SSSR count). The van der Waals surface area contributed by atoms with Gasteiger partial charge in [0.05, 0.1) is 26.4 Å². The fourth-order valence-corrected chi connectivity index (χ4v) is 7.50. The quantitative estimate of drug-likeness (QED) is 0.0468. The highest BCUT2D eigenvalue weighted by atomic mass is 16.7. The van der Waals surface area contributed by atoms with Gasteiger partial charge in [-0.3, -0.25) is 14.4 Å². The predicted molar refractivity (Wildman–Crippen MR) is 214 cm³/mol. The number of aliphatic hydroxyl groups is 7. The molecule has 0 aromatic heterocycles. The molecule has 3 aliphatic rings. The van der Waals surface area contributed by atoms with Gasteiger partial charge in [0.25, 0.3) is 5.91 Å². The van der Waals surface area contributed by atoms with Crippen molar-refractivity contribution in [2.75, 3.05) is 33.5 Å². The van der Waals surface area contributed by atoms with Gasteiger partial charge in [-0.05, 0) is 43.9 Å². The van der Waals surface area contributed by atoms with E-state index in [1.54, 1.807) is 12.1 Å². The van der Waals surface area contributed by atoms with Crippen LogP contribution in [0.1, 0.15) is 76.1 Å². The summed E-state index contributed by atoms with van der Waals surface area (Å²) in [7, 11) is 1.26. The van der Waals surface area contributed by atoms with Gasteiger partial charge in [0.1, 0.15) is 78.8 Å². The van der Waals surface area contributed by atoms with E-state index in [1.807, 2.05) is 0 Å². The van der Waals surface area contributed by atoms with Gasteiger partial charge in [0, 0.05) is 26.5 Å². The van der Waals surface area contributed by atoms with Crippen molar-refractivity contribution in [3.05, 3.63) is 42.0 Å². The van der Waals surface area contributed by atoms with E-state index in [4.69, 9.17) is 33.2 Å². The lowest BCUT2D eigenvalue weighted by Gasteiger charge is -2.50. The van der Waals surface area contributed by atoms with Crippen LogP contribution in [0.3, 0.4) is 0 Å². The lowest BCUT2D eigenvalue weighted by atomic mass is 9.93. The van der Waals surface area contributed by atoms with E-state index in [1.165, 1.54) is 51.8 Å². The van der Waals surface area contributed by atoms with E-state index in [0.29, 0.717) is 12.4 Å². The van der Waals surface area contributed by atoms with Crippen molar-refractivity contribution in [2.45, 2.75) is 158 Å². The largest absolute Gasteiger partial charge is 0.494 e. The molecule has 3 aliphatic heterocycles. The van der Waals surface area contributed by atoms with Crippen LogP contribution >= 0.6 is 0 Å². The lowest BCUT2D eigenvalue weighted by molar-refractivity contribution is -0.352. The Hall–Kier alpha value is -3.35. The third kappa shape index (κ3) is 13.8. The van der Waals surface area contributed by atoms with Crippen LogP contribution in [-0.2, 0) is 38.0 Å². The summed E-state index contributed by atoms with van der Waals surface area (Å²) in [5.41, 5.74) is 0.127. The Bertz CT molecular complexity index is 1540. The maximum atomic E-state index is 13.7. The number of aliphatic hydroxyl groups excluding tert-OH is 7. The maximum absolute atomic E-state index is 13.7. The van der Waals surface area contributed by atoms with Crippen LogP contribution in [0.15, 0.2) is 36.4 Å². The summed E-state index contributed by atoms with van der Waals surface area (Å²) in [6.07, 6.45) is -6.93. The number of hydrogen-bond acceptors (Lipinski definition) is 17. The molecule has 7 unspecified atom stereocenters. The molecule has 0 radical (unpaired) electrons. The first-order valence-corrected chi connectivity index (χ1v) is 20.9. The predicted octanol–water partition coefficient (Wildman–Crippen LogP) is -1.51. The fraction of sp³-hybridized carbons (Fsp3) is 0.732. The van der Waals surface area contributed by atoms with Crippen molar-refractivity contribution in [2.24, 2.45) is 0 Å². The van der Waals surface area contributed by atoms with Gasteiger partial charge in [0.2, 0.25) is 11.8 Å². The van der Waals surface area contributed by atoms with E-state index in [9.17, 15) is 50.1 Å². The molecule has 1 aromatic rings. The van der Waals surface area contributed by atoms with E-state index in [0.717, 1.165) is 26.2 Å². The normalized spacial score (nSPS) is 34.2. The van der Waals surface area contributed by atoms with Crippen molar-refractivity contribution in [3.8, 4) is 5.75 Å². The first-order chi connectivity index (χ1) is 29.3. The molecule has 1 aromatic carbocycles. The van der Waals surface area contributed by atoms with Crippen LogP contribution in [-0.4, -0.2) is 179 Å². The lowest BCUT2D eigenvalue weighted by Crippen LogP contribution is -2.71. The molecule has 0 aliphatic carbocycles. The number of methoxy groups -OCH3 is 1. The zero-order chi connectivity index (χ0) is 44.6. The van der Waals surface area contributed by atoms with E-state index >= 15 is 0 Å². The van der Waals surface area contributed by atoms with E-state index in [-0.39, 0.29) is 5.56 Å². The van der Waals surface area contributed by atoms with Gasteiger partial charge in [0.15, 0.2) is 18.9 Å². The molecule has 3 saturated heterocycles. The molecule has 15 atom stereocenters. The average molecular weight is 872 g/mol. The second-order valence-corrected chi connectivity index (χ2v) is 15.4. The topological polar surface area (TPSA) is 294 Å². The highest BCUT2D eigenvalue weighted by Gasteiger charge is 2.54. The minimum absolute atomic E-state index is 0.127. The molecule has 20 heteroatoms. The third-order valence-electron chi connectivity index (χ3n) is 10.7. The van der Waals surface area contributed by atoms with Crippen molar-refractivity contribution < 1.29 is 83.3 Å². The number of nitrogens with one attached hydrogen (secondary N) is 3. The molecule has 0 saturated carbocycles. The van der Waals surface area contributed by atoms with Crippen LogP contribution in [0.2, 0.25) is 0 Å². The molecular weight excluding hydrogens is 806 g/mol. The summed E-state index contributed by atoms with van der Waals surface area (Å²) in [6, 6.07) is 2.06. The first-order valence-electron chi connectivity index (χ1n) is 20.9. The van der Waals surface area contributed by atoms with Crippen LogP contribution in [0.4, 0.5) is 0 Å². The summed E-state index contributed by atoms with van der Waals surface area (Å²) >= 11 is 0.